The SMILES string of the molecule is C=C(CCNS(=O)(=O)C(F)(F)F)NC(=O)N1CCc2ccccc2[C@@H]1c1ccc(F)cc1. The molecule has 2 N–H and O–H groups in total. The van der Waals surface area contributed by atoms with Crippen LogP contribution < -0.4 is 10.0 Å². The van der Waals surface area contributed by atoms with E-state index in [1.807, 2.05) is 24.3 Å². The fraction of sp³-hybridized carbons (Fsp3) is 0.286. The van der Waals surface area contributed by atoms with Crippen LogP contribution in [0.5, 0.6) is 0 Å². The van der Waals surface area contributed by atoms with E-state index in [2.05, 4.69) is 11.9 Å². The summed E-state index contributed by atoms with van der Waals surface area (Å²) in [6.07, 6.45) is 0.353. The van der Waals surface area contributed by atoms with Crippen molar-refractivity contribution in [3.8, 4) is 0 Å². The Morgan fingerprint density at radius 2 is 1.78 bits per heavy atom. The highest BCUT2D eigenvalue weighted by Crippen LogP contribution is 2.35. The van der Waals surface area contributed by atoms with Gasteiger partial charge in [0.15, 0.2) is 0 Å². The molecule has 32 heavy (non-hydrogen) atoms. The van der Waals surface area contributed by atoms with Crippen LogP contribution in [0.2, 0.25) is 0 Å². The van der Waals surface area contributed by atoms with Crippen molar-refractivity contribution in [2.75, 3.05) is 13.1 Å². The van der Waals surface area contributed by atoms with E-state index in [-0.39, 0.29) is 12.1 Å². The first-order valence-electron chi connectivity index (χ1n) is 9.64. The molecule has 1 aliphatic heterocycles. The largest absolute Gasteiger partial charge is 0.511 e. The Bertz CT molecular complexity index is 1100. The second-order valence-electron chi connectivity index (χ2n) is 7.22. The fourth-order valence-corrected chi connectivity index (χ4v) is 4.03. The number of hydrogen-bond acceptors (Lipinski definition) is 3. The number of nitrogens with one attached hydrogen (secondary N) is 2. The third-order valence-corrected chi connectivity index (χ3v) is 6.23. The maximum atomic E-state index is 13.4. The number of benzene rings is 2. The van der Waals surface area contributed by atoms with Gasteiger partial charge in [-0.3, -0.25) is 0 Å². The van der Waals surface area contributed by atoms with E-state index < -0.39 is 40.0 Å². The topological polar surface area (TPSA) is 78.5 Å². The zero-order chi connectivity index (χ0) is 23.5. The van der Waals surface area contributed by atoms with E-state index in [1.54, 1.807) is 12.1 Å². The first-order valence-corrected chi connectivity index (χ1v) is 11.1. The van der Waals surface area contributed by atoms with Crippen molar-refractivity contribution in [2.24, 2.45) is 0 Å². The minimum atomic E-state index is -5.47. The summed E-state index contributed by atoms with van der Waals surface area (Å²) in [5.74, 6) is -0.413. The summed E-state index contributed by atoms with van der Waals surface area (Å²) < 4.78 is 74.1. The molecule has 1 aliphatic rings. The molecule has 0 unspecified atom stereocenters. The Balaban J connectivity index is 1.72. The molecule has 2 aromatic carbocycles. The second-order valence-corrected chi connectivity index (χ2v) is 8.98. The standard InChI is InChI=1S/C21H21F4N3O3S/c1-14(10-12-26-32(30,31)21(23,24)25)27-20(29)28-13-11-15-4-2-3-5-18(15)19(28)16-6-8-17(22)9-7-16/h2-9,19,26H,1,10-13H2,(H,27,29)/t19-/m0/s1. The zero-order valence-electron chi connectivity index (χ0n) is 16.8. The summed E-state index contributed by atoms with van der Waals surface area (Å²) in [5, 5.41) is 2.52. The summed E-state index contributed by atoms with van der Waals surface area (Å²) in [5.41, 5.74) is -2.75. The monoisotopic (exact) mass is 471 g/mol. The molecule has 3 rings (SSSR count). The van der Waals surface area contributed by atoms with Crippen molar-refractivity contribution in [1.82, 2.24) is 14.9 Å². The van der Waals surface area contributed by atoms with Crippen LogP contribution in [0.15, 0.2) is 60.8 Å². The van der Waals surface area contributed by atoms with Gasteiger partial charge < -0.3 is 10.2 Å². The summed E-state index contributed by atoms with van der Waals surface area (Å²) in [7, 11) is -5.47. The molecule has 6 nitrogen and oxygen atoms in total. The highest BCUT2D eigenvalue weighted by molar-refractivity contribution is 7.90. The first kappa shape index (κ1) is 23.7. The van der Waals surface area contributed by atoms with Gasteiger partial charge in [-0.15, -0.1) is 0 Å². The smallest absolute Gasteiger partial charge is 0.313 e. The number of carbonyl (C=O) groups excluding carboxylic acids is 1. The van der Waals surface area contributed by atoms with Gasteiger partial charge in [0.25, 0.3) is 0 Å². The molecule has 11 heteroatoms. The van der Waals surface area contributed by atoms with Crippen molar-refractivity contribution in [2.45, 2.75) is 24.4 Å². The van der Waals surface area contributed by atoms with Crippen LogP contribution in [0.1, 0.15) is 29.2 Å². The number of urea groups is 1. The molecule has 0 saturated heterocycles. The number of rotatable bonds is 6. The number of alkyl halides is 3. The Morgan fingerprint density at radius 1 is 1.12 bits per heavy atom. The molecular weight excluding hydrogens is 450 g/mol. The molecule has 0 spiro atoms. The third kappa shape index (κ3) is 5.28. The maximum Gasteiger partial charge on any atom is 0.511 e. The van der Waals surface area contributed by atoms with Crippen LogP contribution in [-0.4, -0.2) is 37.9 Å². The molecule has 0 aromatic heterocycles. The molecule has 0 saturated carbocycles. The summed E-state index contributed by atoms with van der Waals surface area (Å²) in [6.45, 7) is 3.37. The van der Waals surface area contributed by atoms with E-state index in [0.717, 1.165) is 11.1 Å². The quantitative estimate of drug-likeness (QED) is 0.629. The molecule has 0 fully saturated rings. The van der Waals surface area contributed by atoms with Gasteiger partial charge in [-0.1, -0.05) is 43.0 Å². The lowest BCUT2D eigenvalue weighted by molar-refractivity contribution is -0.0447. The van der Waals surface area contributed by atoms with Crippen molar-refractivity contribution in [3.05, 3.63) is 83.3 Å². The fourth-order valence-electron chi connectivity index (χ4n) is 3.49. The van der Waals surface area contributed by atoms with Gasteiger partial charge >= 0.3 is 21.6 Å². The molecular formula is C21H21F4N3O3S. The first-order chi connectivity index (χ1) is 15.0. The summed E-state index contributed by atoms with van der Waals surface area (Å²) >= 11 is 0. The van der Waals surface area contributed by atoms with Gasteiger partial charge in [0.05, 0.1) is 6.04 Å². The molecule has 1 heterocycles. The molecule has 1 atom stereocenters. The van der Waals surface area contributed by atoms with E-state index in [4.69, 9.17) is 0 Å². The maximum absolute atomic E-state index is 13.4. The highest BCUT2D eigenvalue weighted by Gasteiger charge is 2.45. The minimum Gasteiger partial charge on any atom is -0.313 e. The normalized spacial score (nSPS) is 16.4. The molecule has 0 radical (unpaired) electrons. The van der Waals surface area contributed by atoms with Gasteiger partial charge in [0.1, 0.15) is 5.82 Å². The lowest BCUT2D eigenvalue weighted by atomic mass is 9.88. The molecule has 0 aliphatic carbocycles. The lowest BCUT2D eigenvalue weighted by Crippen LogP contribution is -2.46. The van der Waals surface area contributed by atoms with Gasteiger partial charge in [-0.25, -0.2) is 22.3 Å². The average Bonchev–Trinajstić information content (AvgIpc) is 2.72. The predicted molar refractivity (Wildman–Crippen MR) is 110 cm³/mol. The van der Waals surface area contributed by atoms with Crippen molar-refractivity contribution >= 4 is 16.1 Å². The third-order valence-electron chi connectivity index (χ3n) is 5.04. The number of halogens is 4. The van der Waals surface area contributed by atoms with Gasteiger partial charge in [-0.2, -0.15) is 13.2 Å². The zero-order valence-corrected chi connectivity index (χ0v) is 17.6. The van der Waals surface area contributed by atoms with Gasteiger partial charge in [0.2, 0.25) is 0 Å². The Kier molecular flexibility index (Phi) is 6.89. The van der Waals surface area contributed by atoms with Gasteiger partial charge in [-0.05, 0) is 35.2 Å². The minimum absolute atomic E-state index is 0.0524. The van der Waals surface area contributed by atoms with Gasteiger partial charge in [0, 0.05) is 25.2 Å². The van der Waals surface area contributed by atoms with E-state index in [0.29, 0.717) is 18.5 Å². The number of nitrogens with zero attached hydrogens (tertiary/aromatic N) is 1. The number of fused-ring (bicyclic) bond motifs is 1. The summed E-state index contributed by atoms with van der Waals surface area (Å²) in [6, 6.07) is 12.3. The Morgan fingerprint density at radius 3 is 2.44 bits per heavy atom. The van der Waals surface area contributed by atoms with Crippen LogP contribution in [0, 0.1) is 5.82 Å². The van der Waals surface area contributed by atoms with Crippen molar-refractivity contribution < 1.29 is 30.8 Å². The molecule has 2 amide bonds. The van der Waals surface area contributed by atoms with Crippen LogP contribution in [0.25, 0.3) is 0 Å². The Labute approximate surface area is 183 Å². The van der Waals surface area contributed by atoms with Crippen LogP contribution in [0.4, 0.5) is 22.4 Å². The van der Waals surface area contributed by atoms with E-state index in [1.165, 1.54) is 21.8 Å². The highest BCUT2D eigenvalue weighted by atomic mass is 32.2. The lowest BCUT2D eigenvalue weighted by Gasteiger charge is -2.37. The van der Waals surface area contributed by atoms with Crippen LogP contribution in [0.3, 0.4) is 0 Å². The molecule has 0 bridgehead atoms. The average molecular weight is 471 g/mol. The molecule has 2 aromatic rings. The number of sulfonamides is 1. The Hall–Kier alpha value is -2.92. The van der Waals surface area contributed by atoms with Crippen LogP contribution in [-0.2, 0) is 16.4 Å². The van der Waals surface area contributed by atoms with E-state index >= 15 is 0 Å². The van der Waals surface area contributed by atoms with Crippen LogP contribution >= 0.6 is 0 Å². The second kappa shape index (κ2) is 9.29. The van der Waals surface area contributed by atoms with Crippen molar-refractivity contribution in [1.29, 1.82) is 0 Å². The molecule has 172 valence electrons. The van der Waals surface area contributed by atoms with E-state index in [9.17, 15) is 30.8 Å². The number of hydrogen-bond donors (Lipinski definition) is 2. The number of amides is 2. The number of carbonyl (C=O) groups is 1. The summed E-state index contributed by atoms with van der Waals surface area (Å²) in [4.78, 5) is 14.5. The van der Waals surface area contributed by atoms with Crippen molar-refractivity contribution in [3.63, 3.8) is 0 Å². The predicted octanol–water partition coefficient (Wildman–Crippen LogP) is 3.83.